The topological polar surface area (TPSA) is 151 Å². The van der Waals surface area contributed by atoms with Crippen LogP contribution >= 0.6 is 0 Å². The van der Waals surface area contributed by atoms with E-state index in [9.17, 15) is 32.0 Å². The second-order valence-electron chi connectivity index (χ2n) is 13.3. The lowest BCUT2D eigenvalue weighted by molar-refractivity contribution is -0.140. The van der Waals surface area contributed by atoms with Crippen molar-refractivity contribution in [2.45, 2.75) is 94.6 Å². The van der Waals surface area contributed by atoms with Gasteiger partial charge in [-0.15, -0.1) is 0 Å². The molecule has 2 aliphatic carbocycles. The van der Waals surface area contributed by atoms with Gasteiger partial charge in [-0.3, -0.25) is 24.4 Å². The number of sulfonamides is 1. The van der Waals surface area contributed by atoms with Crippen LogP contribution in [0.15, 0.2) is 36.4 Å². The van der Waals surface area contributed by atoms with E-state index in [0.29, 0.717) is 24.4 Å². The molecule has 0 spiro atoms. The first-order valence-electron chi connectivity index (χ1n) is 15.3. The summed E-state index contributed by atoms with van der Waals surface area (Å²) in [5.41, 5.74) is -1.16. The maximum Gasteiger partial charge on any atom is 0.411 e. The van der Waals surface area contributed by atoms with Gasteiger partial charge in [-0.2, -0.15) is 0 Å². The zero-order valence-electron chi connectivity index (χ0n) is 25.3. The van der Waals surface area contributed by atoms with Gasteiger partial charge in [0.05, 0.1) is 11.3 Å². The van der Waals surface area contributed by atoms with E-state index in [0.717, 1.165) is 19.3 Å². The van der Waals surface area contributed by atoms with E-state index in [1.165, 1.54) is 29.2 Å². The third kappa shape index (κ3) is 6.92. The van der Waals surface area contributed by atoms with Crippen LogP contribution in [0.3, 0.4) is 0 Å². The number of allylic oxidation sites excluding steroid dienone is 1. The van der Waals surface area contributed by atoms with Crippen LogP contribution in [-0.4, -0.2) is 66.1 Å². The summed E-state index contributed by atoms with van der Waals surface area (Å²) < 4.78 is 45.8. The Labute approximate surface area is 257 Å². The summed E-state index contributed by atoms with van der Waals surface area (Å²) in [4.78, 5) is 54.9. The van der Waals surface area contributed by atoms with Crippen molar-refractivity contribution in [3.8, 4) is 0 Å². The third-order valence-corrected chi connectivity index (χ3v) is 11.5. The van der Waals surface area contributed by atoms with E-state index < -0.39 is 62.1 Å². The Morgan fingerprint density at radius 3 is 2.48 bits per heavy atom. The lowest BCUT2D eigenvalue weighted by Gasteiger charge is -2.27. The highest BCUT2D eigenvalue weighted by Gasteiger charge is 2.63. The summed E-state index contributed by atoms with van der Waals surface area (Å²) in [6, 6.07) is 4.10. The Morgan fingerprint density at radius 2 is 1.80 bits per heavy atom. The molecule has 1 saturated heterocycles. The van der Waals surface area contributed by atoms with E-state index >= 15 is 0 Å². The molecule has 2 aliphatic heterocycles. The summed E-state index contributed by atoms with van der Waals surface area (Å²) in [6.07, 6.45) is 5.96. The fourth-order valence-electron chi connectivity index (χ4n) is 6.25. The molecule has 6 atom stereocenters. The highest BCUT2D eigenvalue weighted by atomic mass is 32.2. The van der Waals surface area contributed by atoms with Crippen molar-refractivity contribution >= 4 is 39.5 Å². The van der Waals surface area contributed by atoms with Crippen LogP contribution in [0.1, 0.15) is 72.1 Å². The zero-order chi connectivity index (χ0) is 31.9. The molecule has 1 aromatic rings. The minimum absolute atomic E-state index is 0.00618. The molecule has 4 amide bonds. The normalized spacial score (nSPS) is 32.5. The molecule has 13 heteroatoms. The predicted molar refractivity (Wildman–Crippen MR) is 160 cm³/mol. The number of nitrogens with zero attached hydrogens (tertiary/aromatic N) is 1. The summed E-state index contributed by atoms with van der Waals surface area (Å²) in [7, 11) is -3.94. The van der Waals surface area contributed by atoms with Gasteiger partial charge in [0.2, 0.25) is 21.8 Å². The maximum atomic E-state index is 13.8. The lowest BCUT2D eigenvalue weighted by atomic mass is 9.91. The number of anilines is 1. The first kappa shape index (κ1) is 31.9. The minimum Gasteiger partial charge on any atom is -0.444 e. The van der Waals surface area contributed by atoms with Gasteiger partial charge in [-0.05, 0) is 81.5 Å². The quantitative estimate of drug-likeness (QED) is 0.420. The van der Waals surface area contributed by atoms with Crippen molar-refractivity contribution < 1.29 is 36.7 Å². The number of ether oxygens (including phenoxy) is 1. The molecule has 0 bridgehead atoms. The Balaban J connectivity index is 1.36. The molecule has 4 aliphatic rings. The average Bonchev–Trinajstić information content (AvgIpc) is 3.82. The third-order valence-electron chi connectivity index (χ3n) is 9.37. The number of hydrogen-bond acceptors (Lipinski definition) is 7. The Hall–Kier alpha value is -3.48. The van der Waals surface area contributed by atoms with Crippen molar-refractivity contribution in [1.29, 1.82) is 0 Å². The van der Waals surface area contributed by atoms with E-state index in [2.05, 4.69) is 22.3 Å². The van der Waals surface area contributed by atoms with Crippen LogP contribution < -0.4 is 15.4 Å². The first-order chi connectivity index (χ1) is 20.7. The van der Waals surface area contributed by atoms with Gasteiger partial charge in [-0.25, -0.2) is 17.6 Å². The van der Waals surface area contributed by atoms with Crippen molar-refractivity contribution in [1.82, 2.24) is 14.9 Å². The summed E-state index contributed by atoms with van der Waals surface area (Å²) in [5.74, 6) is -2.15. The number of rotatable bonds is 5. The molecular formula is C31H41FN4O7S. The lowest BCUT2D eigenvalue weighted by Crippen LogP contribution is -2.57. The number of carbonyl (C=O) groups excluding carboxylic acids is 4. The Morgan fingerprint density at radius 1 is 1.09 bits per heavy atom. The standard InChI is InChI=1S/C31H41FN4O7S/c1-19-6-4-5-7-21-17-31(21,28(39)35-44(41,42)30(3)12-13-30)34-27(38)25-16-24(18-36(25)26(37)15-20(2)14-19)43-29(40)33-23-10-8-22(32)9-11-23/h5,7-11,19-21,24-25H,4,6,12-18H2,1-3H3,(H,33,40)(H,34,38)(H,35,39)/b7-5-/t19?,20-,21-,24-,25+,31-/m1/s1. The summed E-state index contributed by atoms with van der Waals surface area (Å²) in [5, 5.41) is 5.33. The number of hydrogen-bond donors (Lipinski definition) is 3. The summed E-state index contributed by atoms with van der Waals surface area (Å²) in [6.45, 7) is 5.67. The van der Waals surface area contributed by atoms with Crippen molar-refractivity contribution in [2.24, 2.45) is 17.8 Å². The molecule has 0 radical (unpaired) electrons. The second kappa shape index (κ2) is 12.1. The monoisotopic (exact) mass is 632 g/mol. The molecule has 11 nitrogen and oxygen atoms in total. The fraction of sp³-hybridized carbons (Fsp3) is 0.613. The molecule has 1 unspecified atom stereocenters. The molecule has 0 aromatic heterocycles. The molecule has 3 N–H and O–H groups in total. The highest BCUT2D eigenvalue weighted by Crippen LogP contribution is 2.47. The minimum atomic E-state index is -3.94. The largest absolute Gasteiger partial charge is 0.444 e. The van der Waals surface area contributed by atoms with Crippen molar-refractivity contribution in [3.05, 3.63) is 42.2 Å². The van der Waals surface area contributed by atoms with Gasteiger partial charge >= 0.3 is 6.09 Å². The van der Waals surface area contributed by atoms with E-state index in [-0.39, 0.29) is 37.6 Å². The number of benzene rings is 1. The molecule has 2 heterocycles. The molecule has 5 rings (SSSR count). The number of carbonyl (C=O) groups is 4. The fourth-order valence-corrected chi connectivity index (χ4v) is 7.56. The van der Waals surface area contributed by atoms with Crippen LogP contribution in [0.5, 0.6) is 0 Å². The van der Waals surface area contributed by atoms with Gasteiger partial charge < -0.3 is 15.0 Å². The van der Waals surface area contributed by atoms with E-state index in [1.807, 2.05) is 19.1 Å². The Kier molecular flexibility index (Phi) is 8.80. The SMILES string of the molecule is CC1CC/C=C\[C@@H]2C[C@@]2(C(=O)NS(=O)(=O)C2(C)CC2)NC(=O)[C@@H]2C[C@@H](OC(=O)Nc3ccc(F)cc3)CN2C(=O)C[C@H](C)C1. The number of halogens is 1. The zero-order valence-corrected chi connectivity index (χ0v) is 26.1. The van der Waals surface area contributed by atoms with Gasteiger partial charge in [0.1, 0.15) is 23.5 Å². The van der Waals surface area contributed by atoms with Gasteiger partial charge in [0.15, 0.2) is 0 Å². The van der Waals surface area contributed by atoms with Crippen molar-refractivity contribution in [3.63, 3.8) is 0 Å². The van der Waals surface area contributed by atoms with Crippen LogP contribution in [0, 0.1) is 23.6 Å². The molecule has 3 fully saturated rings. The highest BCUT2D eigenvalue weighted by molar-refractivity contribution is 7.91. The molecular weight excluding hydrogens is 591 g/mol. The van der Waals surface area contributed by atoms with Gasteiger partial charge in [-0.1, -0.05) is 26.0 Å². The molecule has 240 valence electrons. The van der Waals surface area contributed by atoms with E-state index in [4.69, 9.17) is 4.74 Å². The smallest absolute Gasteiger partial charge is 0.411 e. The number of nitrogens with one attached hydrogen (secondary N) is 3. The predicted octanol–water partition coefficient (Wildman–Crippen LogP) is 3.62. The molecule has 1 aromatic carbocycles. The van der Waals surface area contributed by atoms with Gasteiger partial charge in [0, 0.05) is 24.4 Å². The van der Waals surface area contributed by atoms with Crippen LogP contribution in [0.2, 0.25) is 0 Å². The van der Waals surface area contributed by atoms with Gasteiger partial charge in [0.25, 0.3) is 5.91 Å². The molecule has 2 saturated carbocycles. The second-order valence-corrected chi connectivity index (χ2v) is 15.5. The summed E-state index contributed by atoms with van der Waals surface area (Å²) >= 11 is 0. The molecule has 44 heavy (non-hydrogen) atoms. The van der Waals surface area contributed by atoms with E-state index in [1.54, 1.807) is 6.92 Å². The maximum absolute atomic E-state index is 13.8. The van der Waals surface area contributed by atoms with Crippen LogP contribution in [-0.2, 0) is 29.1 Å². The Bertz CT molecular complexity index is 1440. The van der Waals surface area contributed by atoms with Crippen LogP contribution in [0.4, 0.5) is 14.9 Å². The first-order valence-corrected chi connectivity index (χ1v) is 16.8. The van der Waals surface area contributed by atoms with Crippen molar-refractivity contribution in [2.75, 3.05) is 11.9 Å². The average molecular weight is 633 g/mol. The number of fused-ring (bicyclic) bond motifs is 2. The number of amides is 4. The van der Waals surface area contributed by atoms with Crippen LogP contribution in [0.25, 0.3) is 0 Å².